The summed E-state index contributed by atoms with van der Waals surface area (Å²) in [4.78, 5) is 11.8. The summed E-state index contributed by atoms with van der Waals surface area (Å²) < 4.78 is 10.2. The molecule has 1 aliphatic rings. The number of ether oxygens (including phenoxy) is 2. The second-order valence-electron chi connectivity index (χ2n) is 10.7. The van der Waals surface area contributed by atoms with E-state index in [0.29, 0.717) is 6.42 Å². The van der Waals surface area contributed by atoms with Crippen molar-refractivity contribution in [2.45, 2.75) is 117 Å². The lowest BCUT2D eigenvalue weighted by molar-refractivity contribution is -0.148. The summed E-state index contributed by atoms with van der Waals surface area (Å²) in [5, 5.41) is 28.5. The van der Waals surface area contributed by atoms with E-state index >= 15 is 0 Å². The van der Waals surface area contributed by atoms with Gasteiger partial charge < -0.3 is 24.8 Å². The molecule has 198 valence electrons. The number of esters is 1. The van der Waals surface area contributed by atoms with Crippen molar-refractivity contribution in [3.8, 4) is 0 Å². The van der Waals surface area contributed by atoms with Crippen molar-refractivity contribution in [1.29, 1.82) is 0 Å². The zero-order valence-electron chi connectivity index (χ0n) is 22.2. The molecular weight excluding hydrogens is 432 g/mol. The number of aliphatic hydroxyl groups is 3. The summed E-state index contributed by atoms with van der Waals surface area (Å²) in [6, 6.07) is 0. The second kappa shape index (κ2) is 17.0. The molecule has 0 fully saturated rings. The maximum atomic E-state index is 11.8. The molecule has 0 spiro atoms. The molecule has 1 heterocycles. The topological polar surface area (TPSA) is 96.2 Å². The van der Waals surface area contributed by atoms with E-state index in [2.05, 4.69) is 40.7 Å². The van der Waals surface area contributed by atoms with Crippen LogP contribution in [0, 0.1) is 17.8 Å². The molecule has 6 nitrogen and oxygen atoms in total. The predicted octanol–water partition coefficient (Wildman–Crippen LogP) is 6.22. The molecular formula is C28H50O6. The van der Waals surface area contributed by atoms with Gasteiger partial charge in [0.05, 0.1) is 13.2 Å². The van der Waals surface area contributed by atoms with E-state index in [1.165, 1.54) is 56.9 Å². The molecule has 4 atom stereocenters. The van der Waals surface area contributed by atoms with Crippen LogP contribution in [0.3, 0.4) is 0 Å². The minimum absolute atomic E-state index is 0.267. The Kier molecular flexibility index (Phi) is 15.2. The lowest BCUT2D eigenvalue weighted by Gasteiger charge is -2.15. The van der Waals surface area contributed by atoms with Crippen molar-refractivity contribution in [3.05, 3.63) is 23.2 Å². The molecule has 0 saturated carbocycles. The highest BCUT2D eigenvalue weighted by molar-refractivity contribution is 5.89. The molecule has 0 bridgehead atoms. The quantitative estimate of drug-likeness (QED) is 0.115. The lowest BCUT2D eigenvalue weighted by Crippen LogP contribution is -2.31. The minimum Gasteiger partial charge on any atom is -0.505 e. The van der Waals surface area contributed by atoms with E-state index in [1.54, 1.807) is 0 Å². The highest BCUT2D eigenvalue weighted by Crippen LogP contribution is 2.25. The van der Waals surface area contributed by atoms with E-state index in [9.17, 15) is 15.0 Å². The fourth-order valence-corrected chi connectivity index (χ4v) is 4.36. The number of carbonyl (C=O) groups is 1. The van der Waals surface area contributed by atoms with E-state index in [4.69, 9.17) is 14.6 Å². The highest BCUT2D eigenvalue weighted by atomic mass is 16.6. The normalized spacial score (nSPS) is 19.5. The van der Waals surface area contributed by atoms with Crippen LogP contribution < -0.4 is 0 Å². The van der Waals surface area contributed by atoms with Crippen molar-refractivity contribution in [2.75, 3.05) is 13.2 Å². The van der Waals surface area contributed by atoms with Crippen molar-refractivity contribution in [1.82, 2.24) is 0 Å². The maximum Gasteiger partial charge on any atom is 0.378 e. The molecule has 0 amide bonds. The highest BCUT2D eigenvalue weighted by Gasteiger charge is 2.40. The Balaban J connectivity index is 2.13. The molecule has 3 N–H and O–H groups in total. The van der Waals surface area contributed by atoms with Gasteiger partial charge >= 0.3 is 5.97 Å². The van der Waals surface area contributed by atoms with Gasteiger partial charge in [0.1, 0.15) is 6.10 Å². The van der Waals surface area contributed by atoms with Gasteiger partial charge in [0.2, 0.25) is 5.76 Å². The van der Waals surface area contributed by atoms with Crippen LogP contribution in [0.25, 0.3) is 0 Å². The summed E-state index contributed by atoms with van der Waals surface area (Å²) >= 11 is 0. The summed E-state index contributed by atoms with van der Waals surface area (Å²) in [5.41, 5.74) is 1.37. The lowest BCUT2D eigenvalue weighted by atomic mass is 9.91. The Bertz CT molecular complexity index is 639. The number of carbonyl (C=O) groups excluding carboxylic acids is 1. The minimum atomic E-state index is -1.36. The molecule has 0 aliphatic carbocycles. The third kappa shape index (κ3) is 12.3. The second-order valence-corrected chi connectivity index (χ2v) is 10.7. The van der Waals surface area contributed by atoms with Crippen molar-refractivity contribution in [2.24, 2.45) is 17.8 Å². The van der Waals surface area contributed by atoms with Gasteiger partial charge in [-0.3, -0.25) is 0 Å². The van der Waals surface area contributed by atoms with E-state index in [0.717, 1.165) is 30.6 Å². The monoisotopic (exact) mass is 482 g/mol. The SMILES string of the molecule is CC(=CCCCOC1=C(O)[C@@H]([C@@H](O)CO)OC1=O)CCCC(C)CCCC(C)CCCC(C)C. The Morgan fingerprint density at radius 3 is 2.18 bits per heavy atom. The van der Waals surface area contributed by atoms with Crippen molar-refractivity contribution >= 4 is 5.97 Å². The molecule has 0 radical (unpaired) electrons. The zero-order chi connectivity index (χ0) is 25.5. The van der Waals surface area contributed by atoms with Gasteiger partial charge in [-0.1, -0.05) is 84.3 Å². The first-order valence-electron chi connectivity index (χ1n) is 13.4. The van der Waals surface area contributed by atoms with Crippen LogP contribution in [-0.4, -0.2) is 46.7 Å². The maximum absolute atomic E-state index is 11.8. The van der Waals surface area contributed by atoms with Gasteiger partial charge in [-0.2, -0.15) is 0 Å². The third-order valence-electron chi connectivity index (χ3n) is 6.69. The summed E-state index contributed by atoms with van der Waals surface area (Å²) in [6.07, 6.45) is 12.9. The fraction of sp³-hybridized carbons (Fsp3) is 0.821. The van der Waals surface area contributed by atoms with Crippen molar-refractivity contribution < 1.29 is 29.6 Å². The van der Waals surface area contributed by atoms with Gasteiger partial charge in [0, 0.05) is 0 Å². The summed E-state index contributed by atoms with van der Waals surface area (Å²) in [5.74, 6) is 0.934. The van der Waals surface area contributed by atoms with Gasteiger partial charge in [0.25, 0.3) is 0 Å². The number of unbranched alkanes of at least 4 members (excludes halogenated alkanes) is 1. The molecule has 2 unspecified atom stereocenters. The summed E-state index contributed by atoms with van der Waals surface area (Å²) in [7, 11) is 0. The Morgan fingerprint density at radius 2 is 1.59 bits per heavy atom. The van der Waals surface area contributed by atoms with Crippen LogP contribution in [0.1, 0.15) is 105 Å². The van der Waals surface area contributed by atoms with Gasteiger partial charge in [0.15, 0.2) is 11.9 Å². The third-order valence-corrected chi connectivity index (χ3v) is 6.69. The molecule has 0 aromatic carbocycles. The fourth-order valence-electron chi connectivity index (χ4n) is 4.36. The van der Waals surface area contributed by atoms with Gasteiger partial charge in [-0.05, 0) is 50.4 Å². The molecule has 34 heavy (non-hydrogen) atoms. The average molecular weight is 483 g/mol. The molecule has 0 aromatic heterocycles. The molecule has 0 saturated heterocycles. The van der Waals surface area contributed by atoms with Crippen LogP contribution in [0.4, 0.5) is 0 Å². The first-order chi connectivity index (χ1) is 16.1. The van der Waals surface area contributed by atoms with E-state index in [-0.39, 0.29) is 12.4 Å². The largest absolute Gasteiger partial charge is 0.505 e. The standard InChI is InChI=1S/C28H50O6/c1-20(2)11-8-13-22(4)15-10-17-23(5)16-9-14-21(3)12-6-7-18-33-27-25(31)26(24(30)19-29)34-28(27)32/h12,20,22-24,26,29-31H,6-11,13-19H2,1-5H3/t22?,23?,24-,26+/m0/s1. The number of allylic oxidation sites excluding steroid dienone is 2. The van der Waals surface area contributed by atoms with Crippen LogP contribution in [0.2, 0.25) is 0 Å². The molecule has 1 aliphatic heterocycles. The number of aliphatic hydroxyl groups excluding tert-OH is 3. The smallest absolute Gasteiger partial charge is 0.378 e. The predicted molar refractivity (Wildman–Crippen MR) is 136 cm³/mol. The first kappa shape index (κ1) is 30.5. The first-order valence-corrected chi connectivity index (χ1v) is 13.4. The van der Waals surface area contributed by atoms with Gasteiger partial charge in [-0.25, -0.2) is 4.79 Å². The van der Waals surface area contributed by atoms with E-state index in [1.807, 2.05) is 0 Å². The number of hydrogen-bond acceptors (Lipinski definition) is 6. The Labute approximate surface area is 207 Å². The summed E-state index contributed by atoms with van der Waals surface area (Å²) in [6.45, 7) is 11.2. The Hall–Kier alpha value is -1.53. The van der Waals surface area contributed by atoms with Crippen LogP contribution in [0.5, 0.6) is 0 Å². The number of hydrogen-bond donors (Lipinski definition) is 3. The van der Waals surface area contributed by atoms with E-state index < -0.39 is 30.5 Å². The average Bonchev–Trinajstić information content (AvgIpc) is 3.06. The number of rotatable bonds is 19. The molecule has 6 heteroatoms. The molecule has 1 rings (SSSR count). The van der Waals surface area contributed by atoms with Crippen molar-refractivity contribution in [3.63, 3.8) is 0 Å². The van der Waals surface area contributed by atoms with Gasteiger partial charge in [-0.15, -0.1) is 0 Å². The van der Waals surface area contributed by atoms with Crippen LogP contribution >= 0.6 is 0 Å². The number of cyclic esters (lactones) is 1. The van der Waals surface area contributed by atoms with Crippen LogP contribution in [0.15, 0.2) is 23.2 Å². The zero-order valence-corrected chi connectivity index (χ0v) is 22.2. The van der Waals surface area contributed by atoms with Crippen LogP contribution in [-0.2, 0) is 14.3 Å². The Morgan fingerprint density at radius 1 is 1.00 bits per heavy atom. The molecule has 0 aromatic rings.